The third-order valence-corrected chi connectivity index (χ3v) is 5.07. The second kappa shape index (κ2) is 6.66. The van der Waals surface area contributed by atoms with E-state index in [1.165, 1.54) is 13.2 Å². The quantitative estimate of drug-likeness (QED) is 0.840. The van der Waals surface area contributed by atoms with Crippen LogP contribution in [0.1, 0.15) is 10.4 Å². The molecule has 122 valence electrons. The first-order chi connectivity index (χ1) is 10.8. The molecule has 0 saturated carbocycles. The monoisotopic (exact) mass is 374 g/mol. The Labute approximate surface area is 143 Å². The van der Waals surface area contributed by atoms with Crippen LogP contribution in [0.25, 0.3) is 0 Å². The molecule has 3 N–H and O–H groups in total. The average Bonchev–Trinajstić information content (AvgIpc) is 2.46. The Bertz CT molecular complexity index is 869. The summed E-state index contributed by atoms with van der Waals surface area (Å²) in [5.41, 5.74) is 5.25. The van der Waals surface area contributed by atoms with Gasteiger partial charge in [0.1, 0.15) is 10.6 Å². The molecule has 0 aromatic heterocycles. The van der Waals surface area contributed by atoms with Gasteiger partial charge in [0.2, 0.25) is 5.91 Å². The number of hydrogen-bond donors (Lipinski definition) is 2. The van der Waals surface area contributed by atoms with Crippen LogP contribution in [0.4, 0.5) is 5.69 Å². The number of nitrogens with one attached hydrogen (secondary N) is 1. The summed E-state index contributed by atoms with van der Waals surface area (Å²) in [4.78, 5) is 11.0. The maximum Gasteiger partial charge on any atom is 0.263 e. The molecular weight excluding hydrogens is 363 g/mol. The van der Waals surface area contributed by atoms with Crippen molar-refractivity contribution in [2.75, 3.05) is 11.8 Å². The largest absolute Gasteiger partial charge is 0.495 e. The first-order valence-electron chi connectivity index (χ1n) is 6.21. The summed E-state index contributed by atoms with van der Waals surface area (Å²) in [6.45, 7) is 0. The molecule has 0 aliphatic heterocycles. The predicted octanol–water partition coefficient (Wildman–Crippen LogP) is 2.90. The van der Waals surface area contributed by atoms with Gasteiger partial charge < -0.3 is 10.5 Å². The number of ether oxygens (including phenoxy) is 1. The lowest BCUT2D eigenvalue weighted by Crippen LogP contribution is -2.17. The molecule has 6 nitrogen and oxygen atoms in total. The number of carbonyl (C=O) groups excluding carboxylic acids is 1. The van der Waals surface area contributed by atoms with Crippen molar-refractivity contribution in [3.63, 3.8) is 0 Å². The molecule has 0 aliphatic rings. The molecule has 2 aromatic carbocycles. The smallest absolute Gasteiger partial charge is 0.263 e. The third-order valence-electron chi connectivity index (χ3n) is 2.93. The number of methoxy groups -OCH3 is 1. The molecule has 0 unspecified atom stereocenters. The molecule has 1 amide bonds. The lowest BCUT2D eigenvalue weighted by Gasteiger charge is -2.13. The fraction of sp³-hybridized carbons (Fsp3) is 0.0714. The number of amides is 1. The molecule has 2 rings (SSSR count). The van der Waals surface area contributed by atoms with Gasteiger partial charge in [-0.25, -0.2) is 8.42 Å². The van der Waals surface area contributed by atoms with E-state index in [2.05, 4.69) is 4.72 Å². The number of rotatable bonds is 5. The minimum Gasteiger partial charge on any atom is -0.495 e. The van der Waals surface area contributed by atoms with E-state index in [-0.39, 0.29) is 26.2 Å². The van der Waals surface area contributed by atoms with Crippen molar-refractivity contribution in [1.82, 2.24) is 0 Å². The summed E-state index contributed by atoms with van der Waals surface area (Å²) in [5.74, 6) is -0.531. The van der Waals surface area contributed by atoms with Crippen LogP contribution in [0.2, 0.25) is 10.0 Å². The molecule has 23 heavy (non-hydrogen) atoms. The van der Waals surface area contributed by atoms with Crippen molar-refractivity contribution in [2.45, 2.75) is 4.90 Å². The van der Waals surface area contributed by atoms with Crippen molar-refractivity contribution in [3.05, 3.63) is 52.0 Å². The van der Waals surface area contributed by atoms with E-state index in [4.69, 9.17) is 33.7 Å². The number of anilines is 1. The van der Waals surface area contributed by atoms with Gasteiger partial charge in [0.25, 0.3) is 10.0 Å². The van der Waals surface area contributed by atoms with Crippen LogP contribution in [0, 0.1) is 0 Å². The van der Waals surface area contributed by atoms with Gasteiger partial charge in [0.05, 0.1) is 28.4 Å². The van der Waals surface area contributed by atoms with Gasteiger partial charge in [0.15, 0.2) is 0 Å². The van der Waals surface area contributed by atoms with Crippen LogP contribution in [-0.2, 0) is 10.0 Å². The Balaban J connectivity index is 2.52. The molecule has 0 heterocycles. The number of hydrogen-bond acceptors (Lipinski definition) is 4. The molecule has 9 heteroatoms. The number of primary amides is 1. The number of para-hydroxylation sites is 2. The van der Waals surface area contributed by atoms with Crippen LogP contribution in [0.15, 0.2) is 41.3 Å². The van der Waals surface area contributed by atoms with Crippen LogP contribution in [0.3, 0.4) is 0 Å². The predicted molar refractivity (Wildman–Crippen MR) is 88.8 cm³/mol. The summed E-state index contributed by atoms with van der Waals surface area (Å²) in [6, 6.07) is 8.63. The van der Waals surface area contributed by atoms with Crippen LogP contribution >= 0.6 is 23.2 Å². The average molecular weight is 375 g/mol. The fourth-order valence-electron chi connectivity index (χ4n) is 1.85. The molecule has 0 saturated heterocycles. The molecule has 0 atom stereocenters. The maximum absolute atomic E-state index is 12.5. The number of benzene rings is 2. The summed E-state index contributed by atoms with van der Waals surface area (Å²) >= 11 is 11.8. The first kappa shape index (κ1) is 17.4. The Morgan fingerprint density at radius 2 is 1.83 bits per heavy atom. The van der Waals surface area contributed by atoms with Crippen LogP contribution < -0.4 is 15.2 Å². The maximum atomic E-state index is 12.5. The Kier molecular flexibility index (Phi) is 5.03. The molecule has 0 spiro atoms. The van der Waals surface area contributed by atoms with Gasteiger partial charge in [-0.15, -0.1) is 0 Å². The summed E-state index contributed by atoms with van der Waals surface area (Å²) in [5, 5.41) is -0.166. The van der Waals surface area contributed by atoms with Gasteiger partial charge in [-0.2, -0.15) is 0 Å². The highest BCUT2D eigenvalue weighted by molar-refractivity contribution is 7.92. The SMILES string of the molecule is COc1ccccc1NS(=O)(=O)c1cc(C(N)=O)c(Cl)cc1Cl. The van der Waals surface area contributed by atoms with Crippen molar-refractivity contribution in [3.8, 4) is 5.75 Å². The number of sulfonamides is 1. The van der Waals surface area contributed by atoms with Crippen molar-refractivity contribution in [1.29, 1.82) is 0 Å². The van der Waals surface area contributed by atoms with Gasteiger partial charge in [-0.05, 0) is 24.3 Å². The molecule has 2 aromatic rings. The minimum atomic E-state index is -4.08. The number of nitrogens with two attached hydrogens (primary N) is 1. The fourth-order valence-corrected chi connectivity index (χ4v) is 3.79. The van der Waals surface area contributed by atoms with Crippen molar-refractivity contribution >= 4 is 44.8 Å². The van der Waals surface area contributed by atoms with Gasteiger partial charge >= 0.3 is 0 Å². The third kappa shape index (κ3) is 3.69. The standard InChI is InChI=1S/C14H12Cl2N2O4S/c1-22-12-5-3-2-4-11(12)18-23(20,21)13-6-8(14(17)19)9(15)7-10(13)16/h2-7,18H,1H3,(H2,17,19). The van der Waals surface area contributed by atoms with E-state index < -0.39 is 15.9 Å². The zero-order valence-corrected chi connectivity index (χ0v) is 14.2. The second-order valence-electron chi connectivity index (χ2n) is 4.43. The summed E-state index contributed by atoms with van der Waals surface area (Å²) in [6.07, 6.45) is 0. The zero-order valence-electron chi connectivity index (χ0n) is 11.8. The first-order valence-corrected chi connectivity index (χ1v) is 8.45. The van der Waals surface area contributed by atoms with Crippen molar-refractivity contribution in [2.24, 2.45) is 5.73 Å². The van der Waals surface area contributed by atoms with E-state index in [1.807, 2.05) is 0 Å². The lowest BCUT2D eigenvalue weighted by atomic mass is 10.2. The van der Waals surface area contributed by atoms with E-state index in [0.717, 1.165) is 12.1 Å². The molecule has 0 fully saturated rings. The molecule has 0 bridgehead atoms. The van der Waals surface area contributed by atoms with Gasteiger partial charge in [-0.1, -0.05) is 35.3 Å². The van der Waals surface area contributed by atoms with Crippen LogP contribution in [0.5, 0.6) is 5.75 Å². The second-order valence-corrected chi connectivity index (χ2v) is 6.90. The lowest BCUT2D eigenvalue weighted by molar-refractivity contribution is 0.1000. The topological polar surface area (TPSA) is 98.5 Å². The highest BCUT2D eigenvalue weighted by atomic mass is 35.5. The van der Waals surface area contributed by atoms with Crippen LogP contribution in [-0.4, -0.2) is 21.4 Å². The summed E-state index contributed by atoms with van der Waals surface area (Å²) in [7, 11) is -2.67. The van der Waals surface area contributed by atoms with Gasteiger partial charge in [-0.3, -0.25) is 9.52 Å². The number of halogens is 2. The van der Waals surface area contributed by atoms with Gasteiger partial charge in [0, 0.05) is 0 Å². The molecule has 0 radical (unpaired) electrons. The normalized spacial score (nSPS) is 11.1. The number of carbonyl (C=O) groups is 1. The van der Waals surface area contributed by atoms with E-state index in [0.29, 0.717) is 5.75 Å². The van der Waals surface area contributed by atoms with E-state index in [9.17, 15) is 13.2 Å². The summed E-state index contributed by atoms with van der Waals surface area (Å²) < 4.78 is 32.5. The Hall–Kier alpha value is -1.96. The van der Waals surface area contributed by atoms with E-state index >= 15 is 0 Å². The zero-order chi connectivity index (χ0) is 17.2. The molecular formula is C14H12Cl2N2O4S. The Morgan fingerprint density at radius 3 is 2.43 bits per heavy atom. The molecule has 0 aliphatic carbocycles. The van der Waals surface area contributed by atoms with E-state index in [1.54, 1.807) is 18.2 Å². The van der Waals surface area contributed by atoms with Crippen molar-refractivity contribution < 1.29 is 17.9 Å². The highest BCUT2D eigenvalue weighted by Gasteiger charge is 2.23. The minimum absolute atomic E-state index is 0.0289. The highest BCUT2D eigenvalue weighted by Crippen LogP contribution is 2.31. The Morgan fingerprint density at radius 1 is 1.17 bits per heavy atom.